The molecule has 3 saturated heterocycles. The molecule has 1 saturated carbocycles. The van der Waals surface area contributed by atoms with E-state index in [1.165, 1.54) is 55.0 Å². The lowest BCUT2D eigenvalue weighted by Crippen LogP contribution is -2.49. The smallest absolute Gasteiger partial charge is 0.185 e. The summed E-state index contributed by atoms with van der Waals surface area (Å²) >= 11 is 1.42. The first-order valence-electron chi connectivity index (χ1n) is 7.25. The van der Waals surface area contributed by atoms with E-state index in [4.69, 9.17) is 4.74 Å². The third-order valence-corrected chi connectivity index (χ3v) is 5.85. The van der Waals surface area contributed by atoms with E-state index in [2.05, 4.69) is 0 Å². The number of hydrogen-bond donors (Lipinski definition) is 0. The van der Waals surface area contributed by atoms with Crippen LogP contribution >= 0.6 is 11.8 Å². The van der Waals surface area contributed by atoms with Gasteiger partial charge in [0.25, 0.3) is 0 Å². The second-order valence-electron chi connectivity index (χ2n) is 6.50. The molecule has 4 heteroatoms. The van der Waals surface area contributed by atoms with Crippen LogP contribution in [0.2, 0.25) is 0 Å². The molecule has 3 aliphatic heterocycles. The summed E-state index contributed by atoms with van der Waals surface area (Å²) in [5.41, 5.74) is 0. The van der Waals surface area contributed by atoms with Crippen LogP contribution in [0.1, 0.15) is 32.6 Å². The van der Waals surface area contributed by atoms with Crippen LogP contribution in [0, 0.1) is 11.8 Å². The van der Waals surface area contributed by atoms with Gasteiger partial charge in [0.05, 0.1) is 13.1 Å². The highest BCUT2D eigenvalue weighted by atomic mass is 32.2. The van der Waals surface area contributed by atoms with Crippen LogP contribution in [0.15, 0.2) is 0 Å². The summed E-state index contributed by atoms with van der Waals surface area (Å²) in [4.78, 5) is 11.0. The van der Waals surface area contributed by atoms with Gasteiger partial charge in [-0.05, 0) is 25.7 Å². The molecule has 1 atom stereocenters. The Balaban J connectivity index is 1.61. The molecule has 3 nitrogen and oxygen atoms in total. The third kappa shape index (κ3) is 2.75. The second-order valence-corrected chi connectivity index (χ2v) is 7.69. The fraction of sp³-hybridized carbons (Fsp3) is 0.929. The Labute approximate surface area is 114 Å². The Morgan fingerprint density at radius 3 is 2.33 bits per heavy atom. The fourth-order valence-electron chi connectivity index (χ4n) is 4.13. The van der Waals surface area contributed by atoms with Crippen molar-refractivity contribution in [1.29, 1.82) is 0 Å². The van der Waals surface area contributed by atoms with Gasteiger partial charge < -0.3 is 4.74 Å². The number of nitrogens with zero attached hydrogens (tertiary/aromatic N) is 1. The van der Waals surface area contributed by atoms with E-state index in [0.29, 0.717) is 6.10 Å². The molecule has 3 heterocycles. The number of carbonyl (C=O) groups excluding carboxylic acids is 1. The van der Waals surface area contributed by atoms with Crippen LogP contribution < -0.4 is 0 Å². The number of rotatable bonds is 2. The zero-order valence-corrected chi connectivity index (χ0v) is 12.1. The Morgan fingerprint density at radius 2 is 1.78 bits per heavy atom. The number of ether oxygens (including phenoxy) is 1. The molecule has 1 spiro atoms. The predicted molar refractivity (Wildman–Crippen MR) is 73.2 cm³/mol. The summed E-state index contributed by atoms with van der Waals surface area (Å²) < 4.78 is 7.17. The largest absolute Gasteiger partial charge is 0.322 e. The van der Waals surface area contributed by atoms with Gasteiger partial charge in [-0.2, -0.15) is 0 Å². The van der Waals surface area contributed by atoms with Crippen LogP contribution in [-0.4, -0.2) is 47.8 Å². The zero-order valence-electron chi connectivity index (χ0n) is 11.3. The van der Waals surface area contributed by atoms with Crippen LogP contribution in [0.25, 0.3) is 0 Å². The maximum absolute atomic E-state index is 11.0. The molecule has 18 heavy (non-hydrogen) atoms. The minimum Gasteiger partial charge on any atom is -0.322 e. The van der Waals surface area contributed by atoms with Gasteiger partial charge >= 0.3 is 0 Å². The highest BCUT2D eigenvalue weighted by molar-refractivity contribution is 8.13. The lowest BCUT2D eigenvalue weighted by atomic mass is 9.84. The fourth-order valence-corrected chi connectivity index (χ4v) is 4.76. The van der Waals surface area contributed by atoms with Crippen molar-refractivity contribution >= 4 is 16.9 Å². The minimum absolute atomic E-state index is 0.216. The van der Waals surface area contributed by atoms with E-state index in [0.717, 1.165) is 30.9 Å². The van der Waals surface area contributed by atoms with Crippen molar-refractivity contribution in [3.63, 3.8) is 0 Å². The molecular formula is C14H24NO2S+. The molecule has 0 aromatic rings. The molecule has 4 rings (SSSR count). The van der Waals surface area contributed by atoms with Crippen molar-refractivity contribution in [3.8, 4) is 0 Å². The normalized spacial score (nSPS) is 43.3. The average Bonchev–Trinajstić information content (AvgIpc) is 2.54. The van der Waals surface area contributed by atoms with E-state index in [1.54, 1.807) is 6.92 Å². The molecule has 0 amide bonds. The van der Waals surface area contributed by atoms with Crippen LogP contribution in [0.3, 0.4) is 0 Å². The minimum atomic E-state index is 0.216. The SMILES string of the molecule is CC(=O)SCC1C[N+]2(CO1)CC1CCC(CC1)C2. The third-order valence-electron chi connectivity index (χ3n) is 4.90. The average molecular weight is 270 g/mol. The monoisotopic (exact) mass is 270 g/mol. The maximum Gasteiger partial charge on any atom is 0.185 e. The molecule has 1 aliphatic carbocycles. The van der Waals surface area contributed by atoms with Crippen LogP contribution in [0.5, 0.6) is 0 Å². The Bertz CT molecular complexity index is 312. The summed E-state index contributed by atoms with van der Waals surface area (Å²) in [6.45, 7) is 6.36. The molecule has 0 aromatic heterocycles. The standard InChI is InChI=1S/C14H24NO2S/c1-11(16)18-9-14-8-15(10-17-14)6-12-2-3-13(7-15)5-4-12/h12-14H,2-10H2,1H3/q+1. The van der Waals surface area contributed by atoms with Crippen molar-refractivity contribution in [1.82, 2.24) is 0 Å². The maximum atomic E-state index is 11.0. The van der Waals surface area contributed by atoms with Gasteiger partial charge in [-0.25, -0.2) is 0 Å². The number of thioether (sulfide) groups is 1. The zero-order chi connectivity index (χ0) is 12.6. The van der Waals surface area contributed by atoms with Crippen molar-refractivity contribution in [3.05, 3.63) is 0 Å². The summed E-state index contributed by atoms with van der Waals surface area (Å²) in [7, 11) is 0. The van der Waals surface area contributed by atoms with Gasteiger partial charge in [0, 0.05) is 24.5 Å². The Hall–Kier alpha value is -0.0600. The highest BCUT2D eigenvalue weighted by Gasteiger charge is 2.46. The van der Waals surface area contributed by atoms with Gasteiger partial charge in [-0.3, -0.25) is 9.28 Å². The molecule has 0 aromatic carbocycles. The van der Waals surface area contributed by atoms with E-state index < -0.39 is 0 Å². The lowest BCUT2D eigenvalue weighted by molar-refractivity contribution is -0.928. The van der Waals surface area contributed by atoms with E-state index in [-0.39, 0.29) is 5.12 Å². The first-order valence-corrected chi connectivity index (χ1v) is 8.24. The predicted octanol–water partition coefficient (Wildman–Crippen LogP) is 2.26. The summed E-state index contributed by atoms with van der Waals surface area (Å²) in [6, 6.07) is 0. The van der Waals surface area contributed by atoms with Gasteiger partial charge in [0.15, 0.2) is 11.8 Å². The van der Waals surface area contributed by atoms with Gasteiger partial charge in [0.1, 0.15) is 12.6 Å². The van der Waals surface area contributed by atoms with E-state index in [1.807, 2.05) is 0 Å². The molecule has 2 bridgehead atoms. The van der Waals surface area contributed by atoms with E-state index >= 15 is 0 Å². The van der Waals surface area contributed by atoms with Crippen molar-refractivity contribution in [2.45, 2.75) is 38.7 Å². The van der Waals surface area contributed by atoms with E-state index in [9.17, 15) is 4.79 Å². The van der Waals surface area contributed by atoms with Gasteiger partial charge in [0.2, 0.25) is 0 Å². The number of quaternary nitrogens is 1. The second kappa shape index (κ2) is 5.14. The van der Waals surface area contributed by atoms with Gasteiger partial charge in [-0.15, -0.1) is 0 Å². The molecule has 4 fully saturated rings. The quantitative estimate of drug-likeness (QED) is 0.720. The number of hydrogen-bond acceptors (Lipinski definition) is 3. The Morgan fingerprint density at radius 1 is 1.17 bits per heavy atom. The molecule has 4 aliphatic rings. The first-order chi connectivity index (χ1) is 8.65. The van der Waals surface area contributed by atoms with Gasteiger partial charge in [-0.1, -0.05) is 11.8 Å². The highest BCUT2D eigenvalue weighted by Crippen LogP contribution is 2.39. The lowest BCUT2D eigenvalue weighted by Gasteiger charge is -2.33. The molecule has 0 N–H and O–H groups in total. The molecular weight excluding hydrogens is 246 g/mol. The Kier molecular flexibility index (Phi) is 3.70. The topological polar surface area (TPSA) is 26.3 Å². The number of carbonyl (C=O) groups is 1. The summed E-state index contributed by atoms with van der Waals surface area (Å²) in [6.07, 6.45) is 6.07. The van der Waals surface area contributed by atoms with Crippen molar-refractivity contribution in [2.24, 2.45) is 11.8 Å². The van der Waals surface area contributed by atoms with Crippen molar-refractivity contribution < 1.29 is 14.0 Å². The van der Waals surface area contributed by atoms with Crippen molar-refractivity contribution in [2.75, 3.05) is 32.1 Å². The molecule has 0 radical (unpaired) electrons. The number of fused-ring (bicyclic) bond motifs is 2. The molecule has 102 valence electrons. The van der Waals surface area contributed by atoms with Crippen LogP contribution in [0.4, 0.5) is 0 Å². The summed E-state index contributed by atoms with van der Waals surface area (Å²) in [5.74, 6) is 2.73. The first kappa shape index (κ1) is 12.9. The summed E-state index contributed by atoms with van der Waals surface area (Å²) in [5, 5.41) is 0.216. The molecule has 1 unspecified atom stereocenters. The van der Waals surface area contributed by atoms with Crippen LogP contribution in [-0.2, 0) is 9.53 Å².